The van der Waals surface area contributed by atoms with E-state index in [9.17, 15) is 19.5 Å². The predicted octanol–water partition coefficient (Wildman–Crippen LogP) is 3.16. The number of carbonyl (C=O) groups is 3. The number of Topliss-reactive ketones (excluding diaryl/α,β-unsaturated/α-hetero) is 1. The van der Waals surface area contributed by atoms with Gasteiger partial charge in [-0.1, -0.05) is 19.9 Å². The zero-order valence-electron chi connectivity index (χ0n) is 22.0. The lowest BCUT2D eigenvalue weighted by Gasteiger charge is -2.63. The lowest BCUT2D eigenvalue weighted by Crippen LogP contribution is -2.70. The molecule has 0 amide bonds. The van der Waals surface area contributed by atoms with Gasteiger partial charge in [0.1, 0.15) is 11.4 Å². The van der Waals surface area contributed by atoms with Crippen LogP contribution in [-0.4, -0.2) is 82.0 Å². The summed E-state index contributed by atoms with van der Waals surface area (Å²) in [6.07, 6.45) is 1.70. The number of esters is 1. The lowest BCUT2D eigenvalue weighted by molar-refractivity contribution is -0.264. The van der Waals surface area contributed by atoms with E-state index >= 15 is 8.78 Å². The highest BCUT2D eigenvalue weighted by atomic mass is 32.2. The third kappa shape index (κ3) is 3.20. The maximum absolute atomic E-state index is 17.5. The second kappa shape index (κ2) is 8.69. The maximum atomic E-state index is 17.5. The summed E-state index contributed by atoms with van der Waals surface area (Å²) in [5, 5.41) is 13.0. The molecule has 0 aromatic heterocycles. The van der Waals surface area contributed by atoms with E-state index in [1.807, 2.05) is 13.8 Å². The normalized spacial score (nSPS) is 49.7. The quantitative estimate of drug-likeness (QED) is 0.521. The highest BCUT2D eigenvalue weighted by molar-refractivity contribution is 8.01. The molecule has 2 aliphatic heterocycles. The van der Waals surface area contributed by atoms with Crippen molar-refractivity contribution in [2.75, 3.05) is 25.4 Å². The number of allylic oxidation sites excluding steroid dienone is 4. The molecule has 5 fully saturated rings. The van der Waals surface area contributed by atoms with Crippen LogP contribution in [0.3, 0.4) is 0 Å². The van der Waals surface area contributed by atoms with Gasteiger partial charge in [0.05, 0.1) is 18.5 Å². The SMILES string of the molecule is CCN1C[C@@H]2C[C@H]3[C@@H]4C[C@H](F)C5=CC(=O)C=C[C@]5(C)[C@@]4(F)[C@@H](O)C[C@]3(C)[C@]2(C(=O)CSC2CCOC2=O)O1. The number of hydrogen-bond acceptors (Lipinski definition) is 8. The number of ether oxygens (including phenoxy) is 1. The lowest BCUT2D eigenvalue weighted by atomic mass is 9.44. The Kier molecular flexibility index (Phi) is 6.08. The fourth-order valence-corrected chi connectivity index (χ4v) is 9.96. The number of halogens is 2. The number of rotatable bonds is 5. The maximum Gasteiger partial charge on any atom is 0.319 e. The van der Waals surface area contributed by atoms with Crippen LogP contribution in [0.4, 0.5) is 8.78 Å². The molecule has 0 aromatic rings. The first-order valence-corrected chi connectivity index (χ1v) is 14.7. The van der Waals surface area contributed by atoms with Gasteiger partial charge < -0.3 is 9.84 Å². The molecule has 38 heavy (non-hydrogen) atoms. The van der Waals surface area contributed by atoms with Gasteiger partial charge in [-0.25, -0.2) is 8.78 Å². The number of nitrogens with zero attached hydrogens (tertiary/aromatic N) is 1. The molecule has 6 rings (SSSR count). The molecule has 208 valence electrons. The summed E-state index contributed by atoms with van der Waals surface area (Å²) in [5.74, 6) is -2.35. The highest BCUT2D eigenvalue weighted by Gasteiger charge is 2.79. The molecule has 0 radical (unpaired) electrons. The van der Waals surface area contributed by atoms with Gasteiger partial charge in [-0.3, -0.25) is 19.2 Å². The summed E-state index contributed by atoms with van der Waals surface area (Å²) in [5.41, 5.74) is -5.82. The number of hydrogen-bond donors (Lipinski definition) is 1. The number of aliphatic hydroxyl groups is 1. The standard InChI is InChI=1S/C28H35F2NO6S/c1-4-31-13-15-9-17-18-11-20(29)19-10-16(32)5-7-25(19,2)27(18,30)22(33)12-26(17,3)28(15,37-31)23(34)14-38-21-6-8-36-24(21)35/h5,7,10,15,17-18,20-22,33H,4,6,8-9,11-14H2,1-3H3/t15-,17-,18-,20-,21?,22-,25-,26-,27-,28-/m0/s1. The number of fused-ring (bicyclic) bond motifs is 7. The molecule has 0 aromatic carbocycles. The third-order valence-electron chi connectivity index (χ3n) is 10.7. The van der Waals surface area contributed by atoms with Crippen LogP contribution in [0, 0.1) is 28.6 Å². The van der Waals surface area contributed by atoms with Crippen LogP contribution in [-0.2, 0) is 24.0 Å². The molecule has 3 saturated carbocycles. The van der Waals surface area contributed by atoms with E-state index in [1.165, 1.54) is 30.0 Å². The fourth-order valence-electron chi connectivity index (χ4n) is 8.93. The summed E-state index contributed by atoms with van der Waals surface area (Å²) in [4.78, 5) is 44.7. The van der Waals surface area contributed by atoms with Crippen LogP contribution >= 0.6 is 11.8 Å². The smallest absolute Gasteiger partial charge is 0.319 e. The number of hydroxylamine groups is 2. The van der Waals surface area contributed by atoms with Crippen LogP contribution in [0.25, 0.3) is 0 Å². The molecule has 0 bridgehead atoms. The Morgan fingerprint density at radius 3 is 2.71 bits per heavy atom. The van der Waals surface area contributed by atoms with Crippen LogP contribution in [0.2, 0.25) is 0 Å². The van der Waals surface area contributed by atoms with Gasteiger partial charge in [0, 0.05) is 42.2 Å². The molecule has 10 heteroatoms. The summed E-state index contributed by atoms with van der Waals surface area (Å²) in [7, 11) is 0. The average molecular weight is 552 g/mol. The van der Waals surface area contributed by atoms with Gasteiger partial charge in [-0.15, -0.1) is 11.8 Å². The Morgan fingerprint density at radius 1 is 1.26 bits per heavy atom. The minimum Gasteiger partial charge on any atom is -0.465 e. The second-order valence-electron chi connectivity index (χ2n) is 12.3. The molecule has 10 atom stereocenters. The van der Waals surface area contributed by atoms with Gasteiger partial charge in [0.25, 0.3) is 0 Å². The van der Waals surface area contributed by atoms with E-state index in [1.54, 1.807) is 12.0 Å². The zero-order valence-corrected chi connectivity index (χ0v) is 22.8. The summed E-state index contributed by atoms with van der Waals surface area (Å²) >= 11 is 1.25. The molecule has 1 unspecified atom stereocenters. The number of alkyl halides is 2. The number of carbonyl (C=O) groups excluding carboxylic acids is 3. The van der Waals surface area contributed by atoms with E-state index in [0.717, 1.165) is 0 Å². The van der Waals surface area contributed by atoms with Crippen molar-refractivity contribution in [3.05, 3.63) is 23.8 Å². The van der Waals surface area contributed by atoms with Gasteiger partial charge in [-0.05, 0) is 49.8 Å². The number of cyclic esters (lactones) is 1. The van der Waals surface area contributed by atoms with Gasteiger partial charge in [0.15, 0.2) is 22.8 Å². The van der Waals surface area contributed by atoms with Crippen molar-refractivity contribution in [2.45, 2.75) is 75.2 Å². The predicted molar refractivity (Wildman–Crippen MR) is 135 cm³/mol. The van der Waals surface area contributed by atoms with Crippen molar-refractivity contribution < 1.29 is 37.8 Å². The first-order chi connectivity index (χ1) is 17.9. The molecule has 7 nitrogen and oxygen atoms in total. The van der Waals surface area contributed by atoms with Crippen molar-refractivity contribution in [3.63, 3.8) is 0 Å². The minimum absolute atomic E-state index is 0.0256. The van der Waals surface area contributed by atoms with E-state index in [0.29, 0.717) is 32.5 Å². The van der Waals surface area contributed by atoms with Gasteiger partial charge in [-0.2, -0.15) is 5.06 Å². The summed E-state index contributed by atoms with van der Waals surface area (Å²) in [6.45, 7) is 6.80. The number of aliphatic hydroxyl groups excluding tert-OH is 1. The molecule has 6 aliphatic rings. The van der Waals surface area contributed by atoms with Crippen LogP contribution in [0.1, 0.15) is 46.5 Å². The Bertz CT molecular complexity index is 1150. The van der Waals surface area contributed by atoms with Crippen molar-refractivity contribution >= 4 is 29.3 Å². The molecule has 1 N–H and O–H groups in total. The van der Waals surface area contributed by atoms with E-state index < -0.39 is 51.5 Å². The Labute approximate surface area is 225 Å². The third-order valence-corrected chi connectivity index (χ3v) is 12.0. The van der Waals surface area contributed by atoms with Crippen molar-refractivity contribution in [1.82, 2.24) is 5.06 Å². The van der Waals surface area contributed by atoms with E-state index in [4.69, 9.17) is 9.57 Å². The van der Waals surface area contributed by atoms with Crippen molar-refractivity contribution in [3.8, 4) is 0 Å². The van der Waals surface area contributed by atoms with Crippen LogP contribution in [0.5, 0.6) is 0 Å². The number of thioether (sulfide) groups is 1. The molecular weight excluding hydrogens is 516 g/mol. The molecule has 4 aliphatic carbocycles. The second-order valence-corrected chi connectivity index (χ2v) is 13.5. The van der Waals surface area contributed by atoms with Crippen LogP contribution in [0.15, 0.2) is 23.8 Å². The largest absolute Gasteiger partial charge is 0.465 e. The Morgan fingerprint density at radius 2 is 2.03 bits per heavy atom. The topological polar surface area (TPSA) is 93.1 Å². The molecule has 2 heterocycles. The zero-order chi connectivity index (χ0) is 27.3. The van der Waals surface area contributed by atoms with Crippen molar-refractivity contribution in [2.24, 2.45) is 28.6 Å². The van der Waals surface area contributed by atoms with Gasteiger partial charge in [0.2, 0.25) is 0 Å². The summed E-state index contributed by atoms with van der Waals surface area (Å²) < 4.78 is 38.2. The van der Waals surface area contributed by atoms with E-state index in [2.05, 4.69) is 0 Å². The Balaban J connectivity index is 1.39. The monoisotopic (exact) mass is 551 g/mol. The fraction of sp³-hybridized carbons (Fsp3) is 0.750. The Hall–Kier alpha value is -1.62. The summed E-state index contributed by atoms with van der Waals surface area (Å²) in [6, 6.07) is 0. The highest BCUT2D eigenvalue weighted by Crippen LogP contribution is 2.72. The number of ketones is 2. The molecular formula is C28H35F2NO6S. The van der Waals surface area contributed by atoms with Crippen molar-refractivity contribution in [1.29, 1.82) is 0 Å². The van der Waals surface area contributed by atoms with Crippen LogP contribution < -0.4 is 0 Å². The van der Waals surface area contributed by atoms with Gasteiger partial charge >= 0.3 is 5.97 Å². The molecule has 0 spiro atoms. The first-order valence-electron chi connectivity index (χ1n) is 13.6. The van der Waals surface area contributed by atoms with E-state index in [-0.39, 0.29) is 47.6 Å². The molecule has 2 saturated heterocycles. The average Bonchev–Trinajstić information content (AvgIpc) is 3.53. The first kappa shape index (κ1) is 26.6. The minimum atomic E-state index is -2.20.